The minimum Gasteiger partial charge on any atom is -0.633 e. The first-order chi connectivity index (χ1) is 9.71. The Kier molecular flexibility index (Phi) is 4.63. The summed E-state index contributed by atoms with van der Waals surface area (Å²) in [5.74, 6) is -1.17. The summed E-state index contributed by atoms with van der Waals surface area (Å²) in [6, 6.07) is 0.0245. The number of hydroxylamine groups is 3. The van der Waals surface area contributed by atoms with Gasteiger partial charge >= 0.3 is 5.97 Å². The van der Waals surface area contributed by atoms with Crippen LogP contribution in [0.1, 0.15) is 40.0 Å². The summed E-state index contributed by atoms with van der Waals surface area (Å²) in [6.07, 6.45) is 1.38. The van der Waals surface area contributed by atoms with E-state index in [9.17, 15) is 20.2 Å². The second kappa shape index (κ2) is 5.83. The van der Waals surface area contributed by atoms with E-state index in [1.807, 2.05) is 0 Å². The molecule has 0 aromatic rings. The lowest BCUT2D eigenvalue weighted by atomic mass is 9.85. The fourth-order valence-corrected chi connectivity index (χ4v) is 3.82. The lowest BCUT2D eigenvalue weighted by Crippen LogP contribution is -2.53. The van der Waals surface area contributed by atoms with Gasteiger partial charge in [-0.3, -0.25) is 0 Å². The topological polar surface area (TPSA) is 89.8 Å². The molecule has 0 aromatic carbocycles. The number of fused-ring (bicyclic) bond motifs is 1. The van der Waals surface area contributed by atoms with Crippen molar-refractivity contribution < 1.29 is 24.4 Å². The quantitative estimate of drug-likeness (QED) is 0.445. The van der Waals surface area contributed by atoms with Gasteiger partial charge in [0.15, 0.2) is 5.60 Å². The van der Waals surface area contributed by atoms with Crippen molar-refractivity contribution in [2.45, 2.75) is 57.8 Å². The molecule has 2 N–H and O–H groups in total. The first kappa shape index (κ1) is 16.7. The van der Waals surface area contributed by atoms with E-state index in [2.05, 4.69) is 0 Å². The van der Waals surface area contributed by atoms with E-state index in [1.54, 1.807) is 13.8 Å². The monoisotopic (exact) mass is 301 g/mol. The van der Waals surface area contributed by atoms with Gasteiger partial charge in [-0.1, -0.05) is 13.8 Å². The van der Waals surface area contributed by atoms with E-state index >= 15 is 0 Å². The highest BCUT2D eigenvalue weighted by molar-refractivity contribution is 5.80. The maximum absolute atomic E-state index is 12.4. The number of hydrogen-bond acceptors (Lipinski definition) is 5. The van der Waals surface area contributed by atoms with Crippen LogP contribution in [0, 0.1) is 17.0 Å². The molecule has 5 atom stereocenters. The molecule has 2 aliphatic heterocycles. The first-order valence-corrected chi connectivity index (χ1v) is 7.87. The number of aliphatic hydroxyl groups excluding tert-OH is 1. The fraction of sp³-hybridized carbons (Fsp3) is 0.933. The van der Waals surface area contributed by atoms with Crippen LogP contribution in [-0.2, 0) is 9.53 Å². The summed E-state index contributed by atoms with van der Waals surface area (Å²) in [5, 5.41) is 32.5. The second-order valence-electron chi connectivity index (χ2n) is 6.91. The molecule has 0 aliphatic carbocycles. The maximum atomic E-state index is 12.4. The van der Waals surface area contributed by atoms with Crippen LogP contribution in [-0.4, -0.2) is 58.3 Å². The zero-order chi connectivity index (χ0) is 15.8. The molecule has 122 valence electrons. The van der Waals surface area contributed by atoms with Gasteiger partial charge in [-0.2, -0.15) is 0 Å². The van der Waals surface area contributed by atoms with Crippen molar-refractivity contribution in [3.05, 3.63) is 5.21 Å². The summed E-state index contributed by atoms with van der Waals surface area (Å²) < 4.78 is 5.12. The van der Waals surface area contributed by atoms with Crippen LogP contribution in [0.15, 0.2) is 0 Å². The average Bonchev–Trinajstić information content (AvgIpc) is 2.91. The van der Waals surface area contributed by atoms with Gasteiger partial charge in [0.2, 0.25) is 0 Å². The Bertz CT molecular complexity index is 390. The summed E-state index contributed by atoms with van der Waals surface area (Å²) >= 11 is 0. The minimum atomic E-state index is -1.89. The van der Waals surface area contributed by atoms with E-state index in [4.69, 9.17) is 4.74 Å². The number of nitrogens with zero attached hydrogens (tertiary/aromatic N) is 1. The van der Waals surface area contributed by atoms with Crippen molar-refractivity contribution in [2.75, 3.05) is 19.7 Å². The van der Waals surface area contributed by atoms with Crippen molar-refractivity contribution in [1.29, 1.82) is 0 Å². The molecular weight excluding hydrogens is 274 g/mol. The zero-order valence-electron chi connectivity index (χ0n) is 13.1. The van der Waals surface area contributed by atoms with Crippen LogP contribution in [0.3, 0.4) is 0 Å². The van der Waals surface area contributed by atoms with Gasteiger partial charge in [0, 0.05) is 19.3 Å². The molecule has 21 heavy (non-hydrogen) atoms. The Morgan fingerprint density at radius 2 is 2.05 bits per heavy atom. The number of hydrogen-bond donors (Lipinski definition) is 2. The smallest absolute Gasteiger partial charge is 0.341 e. The molecule has 0 bridgehead atoms. The molecule has 0 saturated carbocycles. The van der Waals surface area contributed by atoms with E-state index in [-0.39, 0.29) is 23.2 Å². The standard InChI is InChI=1S/C15H27NO5/c1-10(2)15(19,11(3)17)14(18)21-9-12-6-8-16(20)7-4-5-13(12)16/h10-13,17,19H,4-9H2,1-3H3. The summed E-state index contributed by atoms with van der Waals surface area (Å²) in [6.45, 7) is 6.14. The van der Waals surface area contributed by atoms with Crippen LogP contribution in [0.4, 0.5) is 0 Å². The third-order valence-corrected chi connectivity index (χ3v) is 5.34. The fourth-order valence-electron chi connectivity index (χ4n) is 3.82. The Morgan fingerprint density at radius 1 is 1.38 bits per heavy atom. The summed E-state index contributed by atoms with van der Waals surface area (Å²) in [4.78, 5) is 12.2. The second-order valence-corrected chi connectivity index (χ2v) is 6.91. The van der Waals surface area contributed by atoms with Gasteiger partial charge in [0.05, 0.1) is 31.2 Å². The number of quaternary nitrogens is 1. The molecule has 6 nitrogen and oxygen atoms in total. The lowest BCUT2D eigenvalue weighted by Gasteiger charge is -2.40. The Labute approximate surface area is 125 Å². The molecule has 0 aromatic heterocycles. The van der Waals surface area contributed by atoms with E-state index < -0.39 is 23.6 Å². The molecule has 6 heteroatoms. The van der Waals surface area contributed by atoms with Gasteiger partial charge in [0.25, 0.3) is 0 Å². The molecule has 0 radical (unpaired) electrons. The molecular formula is C15H27NO5. The average molecular weight is 301 g/mol. The number of rotatable bonds is 5. The van der Waals surface area contributed by atoms with Crippen LogP contribution < -0.4 is 0 Å². The third kappa shape index (κ3) is 2.82. The number of esters is 1. The SMILES string of the molecule is CC(C)C(O)(C(=O)OCC1CC[N+]2([O-])CCCC12)C(C)O. The van der Waals surface area contributed by atoms with Crippen molar-refractivity contribution in [3.63, 3.8) is 0 Å². The van der Waals surface area contributed by atoms with Gasteiger partial charge in [0.1, 0.15) is 6.61 Å². The highest BCUT2D eigenvalue weighted by Crippen LogP contribution is 2.39. The van der Waals surface area contributed by atoms with Crippen molar-refractivity contribution >= 4 is 5.97 Å². The number of ether oxygens (including phenoxy) is 1. The Balaban J connectivity index is 1.95. The van der Waals surface area contributed by atoms with Gasteiger partial charge in [-0.15, -0.1) is 0 Å². The lowest BCUT2D eigenvalue weighted by molar-refractivity contribution is -0.881. The predicted octanol–water partition coefficient (Wildman–Crippen LogP) is 0.794. The molecule has 2 saturated heterocycles. The Morgan fingerprint density at radius 3 is 2.62 bits per heavy atom. The van der Waals surface area contributed by atoms with Crippen LogP contribution in [0.2, 0.25) is 0 Å². The first-order valence-electron chi connectivity index (χ1n) is 7.87. The predicted molar refractivity (Wildman–Crippen MR) is 76.9 cm³/mol. The van der Waals surface area contributed by atoms with Crippen molar-refractivity contribution in [3.8, 4) is 0 Å². The van der Waals surface area contributed by atoms with Gasteiger partial charge in [-0.25, -0.2) is 4.79 Å². The molecule has 0 spiro atoms. The molecule has 2 fully saturated rings. The third-order valence-electron chi connectivity index (χ3n) is 5.34. The van der Waals surface area contributed by atoms with Crippen LogP contribution in [0.25, 0.3) is 0 Å². The minimum absolute atomic E-state index is 0.0245. The van der Waals surface area contributed by atoms with E-state index in [0.717, 1.165) is 19.3 Å². The largest absolute Gasteiger partial charge is 0.633 e. The van der Waals surface area contributed by atoms with Crippen LogP contribution >= 0.6 is 0 Å². The molecule has 2 rings (SSSR count). The van der Waals surface area contributed by atoms with E-state index in [1.165, 1.54) is 6.92 Å². The highest BCUT2D eigenvalue weighted by Gasteiger charge is 2.49. The highest BCUT2D eigenvalue weighted by atomic mass is 16.6. The van der Waals surface area contributed by atoms with E-state index in [0.29, 0.717) is 13.1 Å². The van der Waals surface area contributed by atoms with Crippen LogP contribution in [0.5, 0.6) is 0 Å². The van der Waals surface area contributed by atoms with Crippen molar-refractivity contribution in [1.82, 2.24) is 0 Å². The molecule has 5 unspecified atom stereocenters. The Hall–Kier alpha value is -0.690. The summed E-state index contributed by atoms with van der Waals surface area (Å²) in [5.41, 5.74) is -1.89. The zero-order valence-corrected chi connectivity index (χ0v) is 13.1. The summed E-state index contributed by atoms with van der Waals surface area (Å²) in [7, 11) is 0. The number of aliphatic hydroxyl groups is 2. The number of carbonyl (C=O) groups excluding carboxylic acids is 1. The normalized spacial score (nSPS) is 36.3. The molecule has 2 heterocycles. The molecule has 2 aliphatic rings. The van der Waals surface area contributed by atoms with Crippen molar-refractivity contribution in [2.24, 2.45) is 11.8 Å². The van der Waals surface area contributed by atoms with Gasteiger partial charge in [-0.05, 0) is 12.8 Å². The molecule has 0 amide bonds. The maximum Gasteiger partial charge on any atom is 0.341 e. The number of carbonyl (C=O) groups is 1. The van der Waals surface area contributed by atoms with Gasteiger partial charge < -0.3 is 24.8 Å².